The van der Waals surface area contributed by atoms with Gasteiger partial charge in [-0.05, 0) is 48.7 Å². The molecule has 178 valence electrons. The molecule has 0 aliphatic carbocycles. The Hall–Kier alpha value is -4.11. The maximum absolute atomic E-state index is 13.6. The fourth-order valence-electron chi connectivity index (χ4n) is 3.83. The maximum Gasteiger partial charge on any atom is 0.273 e. The molecule has 0 spiro atoms. The quantitative estimate of drug-likeness (QED) is 0.415. The van der Waals surface area contributed by atoms with Gasteiger partial charge in [-0.25, -0.2) is 4.68 Å². The first-order valence-electron chi connectivity index (χ1n) is 11.3. The van der Waals surface area contributed by atoms with E-state index in [1.165, 1.54) is 4.90 Å². The Morgan fingerprint density at radius 1 is 1.03 bits per heavy atom. The molecule has 2 aromatic heterocycles. The summed E-state index contributed by atoms with van der Waals surface area (Å²) in [6.45, 7) is 3.07. The average Bonchev–Trinajstić information content (AvgIpc) is 3.58. The van der Waals surface area contributed by atoms with Crippen molar-refractivity contribution in [3.05, 3.63) is 77.8 Å². The molecule has 3 heterocycles. The molecular weight excluding hydrogens is 464 g/mol. The number of likely N-dealkylation sites (N-methyl/N-ethyl adjacent to an activating group) is 1. The second kappa shape index (κ2) is 10.0. The SMILES string of the molecule is CCN(CC(=O)Nc1ccc2c(c1)OCCO2)C(=O)c1cc(-c2cccs2)nn1-c1ccccc1. The standard InChI is InChI=1S/C26H24N4O4S/c1-2-29(17-25(31)27-18-10-11-22-23(15-18)34-13-12-33-22)26(32)21-16-20(24-9-6-14-35-24)28-30(21)19-7-4-3-5-8-19/h3-11,14-16H,2,12-13,17H2,1H3,(H,27,31). The van der Waals surface area contributed by atoms with Gasteiger partial charge in [-0.3, -0.25) is 9.59 Å². The van der Waals surface area contributed by atoms with Gasteiger partial charge in [0.25, 0.3) is 5.91 Å². The topological polar surface area (TPSA) is 85.7 Å². The van der Waals surface area contributed by atoms with Crippen molar-refractivity contribution in [1.29, 1.82) is 0 Å². The number of hydrogen-bond donors (Lipinski definition) is 1. The van der Waals surface area contributed by atoms with Crippen molar-refractivity contribution in [2.75, 3.05) is 31.6 Å². The zero-order valence-electron chi connectivity index (χ0n) is 19.1. The van der Waals surface area contributed by atoms with E-state index in [1.807, 2.05) is 54.8 Å². The lowest BCUT2D eigenvalue weighted by Crippen LogP contribution is -2.38. The van der Waals surface area contributed by atoms with Crippen molar-refractivity contribution in [2.24, 2.45) is 0 Å². The Labute approximate surface area is 206 Å². The number of amides is 2. The number of thiophene rings is 1. The summed E-state index contributed by atoms with van der Waals surface area (Å²) in [5, 5.41) is 9.52. The Morgan fingerprint density at radius 3 is 2.57 bits per heavy atom. The van der Waals surface area contributed by atoms with E-state index in [0.29, 0.717) is 48.3 Å². The van der Waals surface area contributed by atoms with E-state index in [1.54, 1.807) is 40.3 Å². The molecule has 35 heavy (non-hydrogen) atoms. The molecule has 2 amide bonds. The Morgan fingerprint density at radius 2 is 1.83 bits per heavy atom. The Balaban J connectivity index is 1.37. The summed E-state index contributed by atoms with van der Waals surface area (Å²) in [5.41, 5.74) is 2.46. The smallest absolute Gasteiger partial charge is 0.273 e. The van der Waals surface area contributed by atoms with Crippen molar-refractivity contribution < 1.29 is 19.1 Å². The highest BCUT2D eigenvalue weighted by Gasteiger charge is 2.24. The number of aromatic nitrogens is 2. The molecular formula is C26H24N4O4S. The van der Waals surface area contributed by atoms with E-state index in [-0.39, 0.29) is 18.4 Å². The van der Waals surface area contributed by atoms with E-state index in [0.717, 1.165) is 10.6 Å². The molecule has 0 saturated heterocycles. The number of nitrogens with zero attached hydrogens (tertiary/aromatic N) is 3. The van der Waals surface area contributed by atoms with E-state index >= 15 is 0 Å². The second-order valence-electron chi connectivity index (χ2n) is 7.87. The number of para-hydroxylation sites is 1. The average molecular weight is 489 g/mol. The number of fused-ring (bicyclic) bond motifs is 1. The summed E-state index contributed by atoms with van der Waals surface area (Å²) in [7, 11) is 0. The molecule has 0 atom stereocenters. The Kier molecular flexibility index (Phi) is 6.49. The van der Waals surface area contributed by atoms with Crippen LogP contribution in [0.25, 0.3) is 16.3 Å². The highest BCUT2D eigenvalue weighted by molar-refractivity contribution is 7.13. The van der Waals surface area contributed by atoms with Gasteiger partial charge in [-0.15, -0.1) is 11.3 Å². The third-order valence-electron chi connectivity index (χ3n) is 5.53. The van der Waals surface area contributed by atoms with Gasteiger partial charge < -0.3 is 19.7 Å². The van der Waals surface area contributed by atoms with Gasteiger partial charge in [-0.1, -0.05) is 24.3 Å². The largest absolute Gasteiger partial charge is 0.486 e. The third kappa shape index (κ3) is 4.90. The Bertz CT molecular complexity index is 1330. The molecule has 5 rings (SSSR count). The van der Waals surface area contributed by atoms with Crippen LogP contribution in [-0.4, -0.2) is 52.8 Å². The molecule has 1 aliphatic rings. The number of hydrogen-bond acceptors (Lipinski definition) is 6. The lowest BCUT2D eigenvalue weighted by atomic mass is 10.2. The first-order valence-corrected chi connectivity index (χ1v) is 12.2. The first kappa shape index (κ1) is 22.7. The van der Waals surface area contributed by atoms with Gasteiger partial charge in [0.2, 0.25) is 5.91 Å². The highest BCUT2D eigenvalue weighted by Crippen LogP contribution is 2.32. The fraction of sp³-hybridized carbons (Fsp3) is 0.192. The van der Waals surface area contributed by atoms with E-state index in [9.17, 15) is 9.59 Å². The predicted molar refractivity (Wildman–Crippen MR) is 135 cm³/mol. The van der Waals surface area contributed by atoms with Crippen LogP contribution in [0.5, 0.6) is 11.5 Å². The van der Waals surface area contributed by atoms with Gasteiger partial charge in [0, 0.05) is 18.3 Å². The van der Waals surface area contributed by atoms with Crippen molar-refractivity contribution in [3.63, 3.8) is 0 Å². The number of carbonyl (C=O) groups excluding carboxylic acids is 2. The zero-order valence-corrected chi connectivity index (χ0v) is 20.0. The summed E-state index contributed by atoms with van der Waals surface area (Å²) < 4.78 is 12.7. The molecule has 4 aromatic rings. The summed E-state index contributed by atoms with van der Waals surface area (Å²) in [6, 6.07) is 20.4. The number of anilines is 1. The number of carbonyl (C=O) groups is 2. The normalized spacial score (nSPS) is 12.3. The van der Waals surface area contributed by atoms with Gasteiger partial charge >= 0.3 is 0 Å². The summed E-state index contributed by atoms with van der Waals surface area (Å²) in [4.78, 5) is 28.9. The fourth-order valence-corrected chi connectivity index (χ4v) is 4.51. The molecule has 0 radical (unpaired) electrons. The molecule has 0 saturated carbocycles. The number of benzene rings is 2. The second-order valence-corrected chi connectivity index (χ2v) is 8.81. The summed E-state index contributed by atoms with van der Waals surface area (Å²) >= 11 is 1.56. The maximum atomic E-state index is 13.6. The summed E-state index contributed by atoms with van der Waals surface area (Å²) in [6.07, 6.45) is 0. The van der Waals surface area contributed by atoms with Crippen LogP contribution in [0.3, 0.4) is 0 Å². The lowest BCUT2D eigenvalue weighted by Gasteiger charge is -2.21. The van der Waals surface area contributed by atoms with Gasteiger partial charge in [0.15, 0.2) is 11.5 Å². The molecule has 0 bridgehead atoms. The van der Waals surface area contributed by atoms with Crippen molar-refractivity contribution in [2.45, 2.75) is 6.92 Å². The minimum Gasteiger partial charge on any atom is -0.486 e. The predicted octanol–water partition coefficient (Wildman–Crippen LogP) is 4.47. The molecule has 0 unspecified atom stereocenters. The minimum absolute atomic E-state index is 0.0991. The highest BCUT2D eigenvalue weighted by atomic mass is 32.1. The van der Waals surface area contributed by atoms with Crippen LogP contribution >= 0.6 is 11.3 Å². The summed E-state index contributed by atoms with van der Waals surface area (Å²) in [5.74, 6) is 0.658. The van der Waals surface area contributed by atoms with Crippen LogP contribution in [0.2, 0.25) is 0 Å². The molecule has 1 aliphatic heterocycles. The van der Waals surface area contributed by atoms with E-state index < -0.39 is 0 Å². The van der Waals surface area contributed by atoms with E-state index in [2.05, 4.69) is 5.32 Å². The van der Waals surface area contributed by atoms with Crippen LogP contribution in [0.15, 0.2) is 72.1 Å². The number of rotatable bonds is 7. The molecule has 0 fully saturated rings. The van der Waals surface area contributed by atoms with Gasteiger partial charge in [0.1, 0.15) is 31.1 Å². The van der Waals surface area contributed by atoms with Crippen LogP contribution in [0.4, 0.5) is 5.69 Å². The molecule has 2 aromatic carbocycles. The van der Waals surface area contributed by atoms with Gasteiger partial charge in [-0.2, -0.15) is 5.10 Å². The first-order chi connectivity index (χ1) is 17.1. The van der Waals surface area contributed by atoms with Crippen LogP contribution in [0.1, 0.15) is 17.4 Å². The van der Waals surface area contributed by atoms with Crippen molar-refractivity contribution >= 4 is 28.8 Å². The number of nitrogens with one attached hydrogen (secondary N) is 1. The molecule has 9 heteroatoms. The lowest BCUT2D eigenvalue weighted by molar-refractivity contribution is -0.116. The minimum atomic E-state index is -0.305. The number of ether oxygens (including phenoxy) is 2. The molecule has 8 nitrogen and oxygen atoms in total. The monoisotopic (exact) mass is 488 g/mol. The van der Waals surface area contributed by atoms with Crippen molar-refractivity contribution in [3.8, 4) is 27.8 Å². The zero-order chi connectivity index (χ0) is 24.2. The van der Waals surface area contributed by atoms with Crippen LogP contribution < -0.4 is 14.8 Å². The van der Waals surface area contributed by atoms with Gasteiger partial charge in [0.05, 0.1) is 10.6 Å². The molecule has 1 N–H and O–H groups in total. The van der Waals surface area contributed by atoms with E-state index in [4.69, 9.17) is 14.6 Å². The van der Waals surface area contributed by atoms with Crippen molar-refractivity contribution in [1.82, 2.24) is 14.7 Å². The van der Waals surface area contributed by atoms with Crippen LogP contribution in [0, 0.1) is 0 Å². The van der Waals surface area contributed by atoms with Crippen LogP contribution in [-0.2, 0) is 4.79 Å². The third-order valence-corrected chi connectivity index (χ3v) is 6.42.